The quantitative estimate of drug-likeness (QED) is 0.914. The van der Waals surface area contributed by atoms with Crippen LogP contribution in [0.3, 0.4) is 0 Å². The number of aryl methyl sites for hydroxylation is 2. The normalized spacial score (nSPS) is 12.8. The molecule has 0 spiro atoms. The number of hydrogen-bond donors (Lipinski definition) is 2. The molecule has 5 nitrogen and oxygen atoms in total. The first-order valence-electron chi connectivity index (χ1n) is 6.47. The molecular weight excluding hydrogens is 297 g/mol. The van der Waals surface area contributed by atoms with Crippen molar-refractivity contribution >= 4 is 11.8 Å². The molecule has 0 saturated heterocycles. The summed E-state index contributed by atoms with van der Waals surface area (Å²) in [6.07, 6.45) is -4.60. The maximum atomic E-state index is 13.1. The van der Waals surface area contributed by atoms with E-state index in [0.29, 0.717) is 11.5 Å². The molecule has 0 bridgehead atoms. The number of amides is 2. The smallest absolute Gasteiger partial charge is 0.322 e. The van der Waals surface area contributed by atoms with E-state index in [0.717, 1.165) is 0 Å². The minimum absolute atomic E-state index is 0.0358. The minimum Gasteiger partial charge on any atom is -0.322 e. The zero-order chi connectivity index (χ0) is 16.3. The maximum Gasteiger partial charge on any atom is 0.412 e. The summed E-state index contributed by atoms with van der Waals surface area (Å²) in [6, 6.07) is 5.73. The highest BCUT2D eigenvalue weighted by atomic mass is 19.4. The van der Waals surface area contributed by atoms with E-state index in [1.54, 1.807) is 26.1 Å². The van der Waals surface area contributed by atoms with Gasteiger partial charge in [0.15, 0.2) is 6.04 Å². The molecular formula is C14H15F3N4O. The van der Waals surface area contributed by atoms with Gasteiger partial charge in [0.25, 0.3) is 0 Å². The van der Waals surface area contributed by atoms with Crippen LogP contribution in [0.4, 0.5) is 23.8 Å². The van der Waals surface area contributed by atoms with Gasteiger partial charge in [-0.3, -0.25) is 10.00 Å². The Morgan fingerprint density at radius 2 is 1.91 bits per heavy atom. The number of urea groups is 1. The zero-order valence-corrected chi connectivity index (χ0v) is 12.0. The fraction of sp³-hybridized carbons (Fsp3) is 0.286. The van der Waals surface area contributed by atoms with Gasteiger partial charge in [0.1, 0.15) is 5.82 Å². The van der Waals surface area contributed by atoms with Gasteiger partial charge in [-0.1, -0.05) is 30.3 Å². The molecule has 2 aromatic rings. The van der Waals surface area contributed by atoms with Gasteiger partial charge in [-0.05, 0) is 12.5 Å². The molecule has 118 valence electrons. The Labute approximate surface area is 125 Å². The van der Waals surface area contributed by atoms with Crippen molar-refractivity contribution in [2.24, 2.45) is 7.05 Å². The lowest BCUT2D eigenvalue weighted by Gasteiger charge is -2.22. The molecule has 22 heavy (non-hydrogen) atoms. The van der Waals surface area contributed by atoms with Crippen molar-refractivity contribution in [3.05, 3.63) is 47.7 Å². The number of aromatic nitrogens is 2. The Bertz CT molecular complexity index is 652. The second kappa shape index (κ2) is 6.08. The highest BCUT2D eigenvalue weighted by Crippen LogP contribution is 2.32. The summed E-state index contributed by atoms with van der Waals surface area (Å²) in [5.74, 6) is 0.309. The van der Waals surface area contributed by atoms with E-state index in [2.05, 4.69) is 10.4 Å². The molecule has 2 amide bonds. The second-order valence-corrected chi connectivity index (χ2v) is 4.78. The summed E-state index contributed by atoms with van der Waals surface area (Å²) < 4.78 is 40.8. The number of alkyl halides is 3. The first-order valence-corrected chi connectivity index (χ1v) is 6.47. The van der Waals surface area contributed by atoms with Crippen LogP contribution in [0.1, 0.15) is 17.3 Å². The van der Waals surface area contributed by atoms with E-state index in [1.165, 1.54) is 28.9 Å². The highest BCUT2D eigenvalue weighted by Gasteiger charge is 2.41. The molecule has 1 atom stereocenters. The molecule has 2 rings (SSSR count). The Hall–Kier alpha value is -2.51. The van der Waals surface area contributed by atoms with Crippen molar-refractivity contribution in [1.82, 2.24) is 15.1 Å². The molecule has 0 aliphatic heterocycles. The fourth-order valence-electron chi connectivity index (χ4n) is 2.01. The topological polar surface area (TPSA) is 59.0 Å². The van der Waals surface area contributed by atoms with Crippen LogP contribution in [0.15, 0.2) is 36.4 Å². The van der Waals surface area contributed by atoms with Crippen molar-refractivity contribution in [1.29, 1.82) is 0 Å². The number of carbonyl (C=O) groups is 1. The van der Waals surface area contributed by atoms with Crippen LogP contribution >= 0.6 is 0 Å². The first kappa shape index (κ1) is 15.9. The van der Waals surface area contributed by atoms with Gasteiger partial charge in [0.2, 0.25) is 0 Å². The number of nitrogens with one attached hydrogen (secondary N) is 2. The maximum absolute atomic E-state index is 13.1. The predicted octanol–water partition coefficient (Wildman–Crippen LogP) is 3.15. The van der Waals surface area contributed by atoms with E-state index < -0.39 is 18.2 Å². The van der Waals surface area contributed by atoms with Crippen LogP contribution in [0.25, 0.3) is 0 Å². The summed E-state index contributed by atoms with van der Waals surface area (Å²) in [5, 5.41) is 8.30. The standard InChI is InChI=1S/C14H15F3N4O/c1-9-8-11(21(2)20-9)18-13(22)19-12(14(15,16)17)10-6-4-3-5-7-10/h3-8,12H,1-2H3,(H2,18,19,22)/t12-/m0/s1. The van der Waals surface area contributed by atoms with Crippen molar-refractivity contribution in [3.8, 4) is 0 Å². The number of anilines is 1. The lowest BCUT2D eigenvalue weighted by molar-refractivity contribution is -0.154. The molecule has 1 heterocycles. The summed E-state index contributed by atoms with van der Waals surface area (Å²) in [6.45, 7) is 1.71. The Morgan fingerprint density at radius 1 is 1.27 bits per heavy atom. The van der Waals surface area contributed by atoms with Gasteiger partial charge in [0.05, 0.1) is 5.69 Å². The Morgan fingerprint density at radius 3 is 2.41 bits per heavy atom. The van der Waals surface area contributed by atoms with Crippen LogP contribution in [0, 0.1) is 6.92 Å². The van der Waals surface area contributed by atoms with Crippen LogP contribution in [-0.2, 0) is 7.05 Å². The first-order chi connectivity index (χ1) is 10.3. The molecule has 8 heteroatoms. The molecule has 0 aliphatic rings. The predicted molar refractivity (Wildman–Crippen MR) is 75.3 cm³/mol. The van der Waals surface area contributed by atoms with Crippen molar-refractivity contribution in [2.45, 2.75) is 19.1 Å². The SMILES string of the molecule is Cc1cc(NC(=O)N[C@@H](c2ccccc2)C(F)(F)F)n(C)n1. The molecule has 1 aromatic heterocycles. The fourth-order valence-corrected chi connectivity index (χ4v) is 2.01. The van der Waals surface area contributed by atoms with Gasteiger partial charge in [-0.2, -0.15) is 18.3 Å². The summed E-state index contributed by atoms with van der Waals surface area (Å²) in [5.41, 5.74) is 0.611. The van der Waals surface area contributed by atoms with E-state index in [4.69, 9.17) is 0 Å². The van der Waals surface area contributed by atoms with E-state index in [1.807, 2.05) is 5.32 Å². The summed E-state index contributed by atoms with van der Waals surface area (Å²) in [4.78, 5) is 11.8. The largest absolute Gasteiger partial charge is 0.412 e. The Balaban J connectivity index is 2.14. The van der Waals surface area contributed by atoms with E-state index >= 15 is 0 Å². The Kier molecular flexibility index (Phi) is 4.39. The number of hydrogen-bond acceptors (Lipinski definition) is 2. The minimum atomic E-state index is -4.60. The molecule has 2 N–H and O–H groups in total. The average molecular weight is 312 g/mol. The molecule has 0 unspecified atom stereocenters. The van der Waals surface area contributed by atoms with Crippen molar-refractivity contribution < 1.29 is 18.0 Å². The molecule has 0 aliphatic carbocycles. The zero-order valence-electron chi connectivity index (χ0n) is 12.0. The number of benzene rings is 1. The molecule has 0 radical (unpaired) electrons. The van der Waals surface area contributed by atoms with Gasteiger partial charge < -0.3 is 5.32 Å². The number of rotatable bonds is 3. The monoisotopic (exact) mass is 312 g/mol. The van der Waals surface area contributed by atoms with Gasteiger partial charge >= 0.3 is 12.2 Å². The van der Waals surface area contributed by atoms with Gasteiger partial charge in [0, 0.05) is 13.1 Å². The van der Waals surface area contributed by atoms with E-state index in [-0.39, 0.29) is 5.56 Å². The average Bonchev–Trinajstić information content (AvgIpc) is 2.74. The lowest BCUT2D eigenvalue weighted by Crippen LogP contribution is -2.40. The third kappa shape index (κ3) is 3.78. The lowest BCUT2D eigenvalue weighted by atomic mass is 10.1. The summed E-state index contributed by atoms with van der Waals surface area (Å²) in [7, 11) is 1.58. The number of carbonyl (C=O) groups excluding carboxylic acids is 1. The third-order valence-corrected chi connectivity index (χ3v) is 2.98. The molecule has 1 aromatic carbocycles. The van der Waals surface area contributed by atoms with Crippen LogP contribution in [0.5, 0.6) is 0 Å². The second-order valence-electron chi connectivity index (χ2n) is 4.78. The van der Waals surface area contributed by atoms with Crippen LogP contribution in [0.2, 0.25) is 0 Å². The number of nitrogens with zero attached hydrogens (tertiary/aromatic N) is 2. The van der Waals surface area contributed by atoms with Gasteiger partial charge in [-0.25, -0.2) is 4.79 Å². The summed E-state index contributed by atoms with van der Waals surface area (Å²) >= 11 is 0. The number of halogens is 3. The molecule has 0 saturated carbocycles. The highest BCUT2D eigenvalue weighted by molar-refractivity contribution is 5.88. The van der Waals surface area contributed by atoms with Crippen molar-refractivity contribution in [2.75, 3.05) is 5.32 Å². The van der Waals surface area contributed by atoms with E-state index in [9.17, 15) is 18.0 Å². The molecule has 0 fully saturated rings. The van der Waals surface area contributed by atoms with Crippen LogP contribution in [-0.4, -0.2) is 22.0 Å². The van der Waals surface area contributed by atoms with Crippen molar-refractivity contribution in [3.63, 3.8) is 0 Å². The van der Waals surface area contributed by atoms with Crippen LogP contribution < -0.4 is 10.6 Å². The third-order valence-electron chi connectivity index (χ3n) is 2.98. The van der Waals surface area contributed by atoms with Gasteiger partial charge in [-0.15, -0.1) is 0 Å².